The van der Waals surface area contributed by atoms with Gasteiger partial charge in [-0.2, -0.15) is 4.68 Å². The summed E-state index contributed by atoms with van der Waals surface area (Å²) in [5, 5.41) is 11.9. The number of rotatable bonds is 2. The van der Waals surface area contributed by atoms with E-state index in [4.69, 9.17) is 11.5 Å². The number of benzene rings is 2. The quantitative estimate of drug-likeness (QED) is 0.634. The van der Waals surface area contributed by atoms with Crippen LogP contribution in [0.4, 0.5) is 11.4 Å². The van der Waals surface area contributed by atoms with Gasteiger partial charge in [-0.1, -0.05) is 15.9 Å². The first-order valence-electron chi connectivity index (χ1n) is 5.95. The Morgan fingerprint density at radius 3 is 2.38 bits per heavy atom. The number of tetrazole rings is 1. The van der Waals surface area contributed by atoms with Crippen molar-refractivity contribution in [3.05, 3.63) is 45.3 Å². The molecule has 8 heteroatoms. The Hall–Kier alpha value is -1.93. The molecule has 0 spiro atoms. The van der Waals surface area contributed by atoms with Gasteiger partial charge in [0.05, 0.1) is 5.69 Å². The van der Waals surface area contributed by atoms with Crippen molar-refractivity contribution >= 4 is 43.2 Å². The van der Waals surface area contributed by atoms with Gasteiger partial charge in [0.25, 0.3) is 0 Å². The van der Waals surface area contributed by atoms with E-state index in [-0.39, 0.29) is 0 Å². The average molecular weight is 410 g/mol. The third-order valence-electron chi connectivity index (χ3n) is 2.84. The number of nitrogens with zero attached hydrogens (tertiary/aromatic N) is 4. The minimum absolute atomic E-state index is 0.563. The second kappa shape index (κ2) is 5.45. The highest BCUT2D eigenvalue weighted by atomic mass is 79.9. The number of nitrogen functional groups attached to an aromatic ring is 2. The predicted molar refractivity (Wildman–Crippen MR) is 88.8 cm³/mol. The van der Waals surface area contributed by atoms with Crippen molar-refractivity contribution in [2.24, 2.45) is 0 Å². The van der Waals surface area contributed by atoms with E-state index in [1.165, 1.54) is 0 Å². The highest BCUT2D eigenvalue weighted by Gasteiger charge is 2.14. The molecule has 0 fully saturated rings. The number of aromatic nitrogens is 4. The van der Waals surface area contributed by atoms with Crippen LogP contribution in [0.3, 0.4) is 0 Å². The smallest absolute Gasteiger partial charge is 0.187 e. The van der Waals surface area contributed by atoms with E-state index in [1.54, 1.807) is 22.9 Å². The van der Waals surface area contributed by atoms with Crippen LogP contribution in [0.2, 0.25) is 0 Å². The van der Waals surface area contributed by atoms with Crippen LogP contribution in [0, 0.1) is 0 Å². The minimum Gasteiger partial charge on any atom is -0.399 e. The number of halogens is 2. The molecule has 106 valence electrons. The summed E-state index contributed by atoms with van der Waals surface area (Å²) >= 11 is 6.94. The molecule has 4 N–H and O–H groups in total. The van der Waals surface area contributed by atoms with Gasteiger partial charge in [-0.3, -0.25) is 0 Å². The summed E-state index contributed by atoms with van der Waals surface area (Å²) in [7, 11) is 0. The standard InChI is InChI=1S/C13H10Br2N6/c14-8-1-2-11(15)12(5-8)21-13(18-19-20-21)7-3-9(16)6-10(17)4-7/h1-6H,16-17H2. The number of anilines is 2. The average Bonchev–Trinajstić information content (AvgIpc) is 2.89. The van der Waals surface area contributed by atoms with Crippen molar-refractivity contribution in [1.82, 2.24) is 20.2 Å². The SMILES string of the molecule is Nc1cc(N)cc(-c2nnnn2-c2cc(Br)ccc2Br)c1. The molecule has 1 heterocycles. The number of hydrogen-bond acceptors (Lipinski definition) is 5. The summed E-state index contributed by atoms with van der Waals surface area (Å²) in [6, 6.07) is 11.0. The van der Waals surface area contributed by atoms with Crippen LogP contribution in [0.15, 0.2) is 45.3 Å². The van der Waals surface area contributed by atoms with Crippen molar-refractivity contribution in [1.29, 1.82) is 0 Å². The van der Waals surface area contributed by atoms with Crippen molar-refractivity contribution in [2.45, 2.75) is 0 Å². The lowest BCUT2D eigenvalue weighted by molar-refractivity contribution is 0.788. The van der Waals surface area contributed by atoms with Crippen LogP contribution in [0.1, 0.15) is 0 Å². The second-order valence-corrected chi connectivity index (χ2v) is 6.17. The van der Waals surface area contributed by atoms with Crippen LogP contribution >= 0.6 is 31.9 Å². The van der Waals surface area contributed by atoms with Crippen molar-refractivity contribution in [2.75, 3.05) is 11.5 Å². The molecule has 21 heavy (non-hydrogen) atoms. The Kier molecular flexibility index (Phi) is 3.64. The number of hydrogen-bond donors (Lipinski definition) is 2. The molecule has 0 aliphatic rings. The van der Waals surface area contributed by atoms with Crippen LogP contribution in [-0.4, -0.2) is 20.2 Å². The lowest BCUT2D eigenvalue weighted by Crippen LogP contribution is -2.02. The van der Waals surface area contributed by atoms with E-state index in [2.05, 4.69) is 47.4 Å². The van der Waals surface area contributed by atoms with Gasteiger partial charge >= 0.3 is 0 Å². The topological polar surface area (TPSA) is 95.6 Å². The zero-order valence-corrected chi connectivity index (χ0v) is 13.8. The molecule has 1 aromatic heterocycles. The molecule has 6 nitrogen and oxygen atoms in total. The summed E-state index contributed by atoms with van der Waals surface area (Å²) < 4.78 is 3.42. The molecule has 0 aliphatic heterocycles. The monoisotopic (exact) mass is 408 g/mol. The van der Waals surface area contributed by atoms with Crippen molar-refractivity contribution in [3.8, 4) is 17.1 Å². The normalized spacial score (nSPS) is 10.8. The first-order chi connectivity index (χ1) is 10.0. The molecule has 0 aliphatic carbocycles. The summed E-state index contributed by atoms with van der Waals surface area (Å²) in [4.78, 5) is 0. The first kappa shape index (κ1) is 14.0. The molecular weight excluding hydrogens is 400 g/mol. The summed E-state index contributed by atoms with van der Waals surface area (Å²) in [6.45, 7) is 0. The molecule has 0 saturated carbocycles. The van der Waals surface area contributed by atoms with E-state index in [0.717, 1.165) is 20.2 Å². The minimum atomic E-state index is 0.563. The zero-order valence-electron chi connectivity index (χ0n) is 10.7. The van der Waals surface area contributed by atoms with Gasteiger partial charge in [0.2, 0.25) is 0 Å². The van der Waals surface area contributed by atoms with Gasteiger partial charge in [0, 0.05) is 25.9 Å². The molecule has 3 aromatic rings. The fourth-order valence-corrected chi connectivity index (χ4v) is 2.75. The lowest BCUT2D eigenvalue weighted by Gasteiger charge is -2.08. The molecule has 0 amide bonds. The molecule has 0 bridgehead atoms. The number of nitrogens with two attached hydrogens (primary N) is 2. The van der Waals surface area contributed by atoms with E-state index >= 15 is 0 Å². The van der Waals surface area contributed by atoms with Crippen LogP contribution in [0.5, 0.6) is 0 Å². The third-order valence-corrected chi connectivity index (χ3v) is 4.01. The highest BCUT2D eigenvalue weighted by molar-refractivity contribution is 9.11. The van der Waals surface area contributed by atoms with Gasteiger partial charge in [-0.25, -0.2) is 0 Å². The molecular formula is C13H10Br2N6. The highest BCUT2D eigenvalue weighted by Crippen LogP contribution is 2.29. The summed E-state index contributed by atoms with van der Waals surface area (Å²) in [6.07, 6.45) is 0. The Balaban J connectivity index is 2.19. The van der Waals surface area contributed by atoms with E-state index in [0.29, 0.717) is 17.2 Å². The largest absolute Gasteiger partial charge is 0.399 e. The molecule has 0 radical (unpaired) electrons. The van der Waals surface area contributed by atoms with E-state index in [1.807, 2.05) is 18.2 Å². The summed E-state index contributed by atoms with van der Waals surface area (Å²) in [5.41, 5.74) is 14.4. The van der Waals surface area contributed by atoms with Crippen molar-refractivity contribution in [3.63, 3.8) is 0 Å². The van der Waals surface area contributed by atoms with Crippen LogP contribution in [-0.2, 0) is 0 Å². The van der Waals surface area contributed by atoms with Crippen molar-refractivity contribution < 1.29 is 0 Å². The first-order valence-corrected chi connectivity index (χ1v) is 7.53. The lowest BCUT2D eigenvalue weighted by atomic mass is 10.1. The van der Waals surface area contributed by atoms with E-state index in [9.17, 15) is 0 Å². The second-order valence-electron chi connectivity index (χ2n) is 4.40. The molecule has 3 rings (SSSR count). The van der Waals surface area contributed by atoms with Crippen LogP contribution in [0.25, 0.3) is 17.1 Å². The Labute approximate surface area is 137 Å². The maximum absolute atomic E-state index is 5.83. The van der Waals surface area contributed by atoms with Gasteiger partial charge in [-0.05, 0) is 62.8 Å². The Morgan fingerprint density at radius 1 is 0.952 bits per heavy atom. The van der Waals surface area contributed by atoms with Crippen LogP contribution < -0.4 is 11.5 Å². The molecule has 0 saturated heterocycles. The fourth-order valence-electron chi connectivity index (χ4n) is 1.98. The maximum Gasteiger partial charge on any atom is 0.187 e. The van der Waals surface area contributed by atoms with E-state index < -0.39 is 0 Å². The Morgan fingerprint density at radius 2 is 1.67 bits per heavy atom. The maximum atomic E-state index is 5.83. The van der Waals surface area contributed by atoms with Gasteiger partial charge in [-0.15, -0.1) is 5.10 Å². The predicted octanol–water partition coefficient (Wildman–Crippen LogP) is 3.02. The molecule has 0 atom stereocenters. The van der Waals surface area contributed by atoms with Gasteiger partial charge < -0.3 is 11.5 Å². The third kappa shape index (κ3) is 2.77. The molecule has 2 aromatic carbocycles. The van der Waals surface area contributed by atoms with Gasteiger partial charge in [0.15, 0.2) is 5.82 Å². The Bertz CT molecular complexity index is 794. The molecule has 0 unspecified atom stereocenters. The fraction of sp³-hybridized carbons (Fsp3) is 0. The summed E-state index contributed by atoms with van der Waals surface area (Å²) in [5.74, 6) is 0.563. The van der Waals surface area contributed by atoms with Gasteiger partial charge in [0.1, 0.15) is 0 Å². The zero-order chi connectivity index (χ0) is 15.0.